The number of nitrogens with one attached hydrogen (secondary N) is 2. The SMILES string of the molecule is COCCc1noc(CN[C@@H]2c3ccccc3C3(CCNCC3)[C@H]2O)n1. The van der Waals surface area contributed by atoms with E-state index in [4.69, 9.17) is 9.26 Å². The Kier molecular flexibility index (Phi) is 5.04. The zero-order valence-electron chi connectivity index (χ0n) is 15.1. The Morgan fingerprint density at radius 1 is 1.35 bits per heavy atom. The largest absolute Gasteiger partial charge is 0.390 e. The van der Waals surface area contributed by atoms with Gasteiger partial charge in [-0.2, -0.15) is 4.98 Å². The fraction of sp³-hybridized carbons (Fsp3) is 0.579. The fourth-order valence-corrected chi connectivity index (χ4v) is 4.38. The van der Waals surface area contributed by atoms with Gasteiger partial charge in [-0.3, -0.25) is 5.32 Å². The Labute approximate surface area is 153 Å². The number of aliphatic hydroxyl groups excluding tert-OH is 1. The summed E-state index contributed by atoms with van der Waals surface area (Å²) in [5.74, 6) is 1.18. The van der Waals surface area contributed by atoms with Crippen LogP contribution in [-0.2, 0) is 23.1 Å². The van der Waals surface area contributed by atoms with Crippen molar-refractivity contribution in [2.45, 2.75) is 43.4 Å². The molecule has 26 heavy (non-hydrogen) atoms. The normalized spacial score (nSPS) is 24.1. The summed E-state index contributed by atoms with van der Waals surface area (Å²) in [6.45, 7) is 2.87. The molecule has 1 aromatic carbocycles. The van der Waals surface area contributed by atoms with Crippen molar-refractivity contribution in [1.82, 2.24) is 20.8 Å². The molecular weight excluding hydrogens is 332 g/mol. The average Bonchev–Trinajstić information content (AvgIpc) is 3.22. The lowest BCUT2D eigenvalue weighted by Crippen LogP contribution is -2.47. The van der Waals surface area contributed by atoms with Crippen LogP contribution in [0.25, 0.3) is 0 Å². The van der Waals surface area contributed by atoms with Crippen molar-refractivity contribution in [2.75, 3.05) is 26.8 Å². The van der Waals surface area contributed by atoms with E-state index in [2.05, 4.69) is 39.0 Å². The molecule has 1 aromatic heterocycles. The monoisotopic (exact) mass is 358 g/mol. The Morgan fingerprint density at radius 3 is 2.96 bits per heavy atom. The van der Waals surface area contributed by atoms with Crippen molar-refractivity contribution in [3.05, 3.63) is 47.1 Å². The minimum atomic E-state index is -0.460. The van der Waals surface area contributed by atoms with Crippen LogP contribution in [0.4, 0.5) is 0 Å². The van der Waals surface area contributed by atoms with Gasteiger partial charge in [0.25, 0.3) is 0 Å². The molecular formula is C19H26N4O3. The van der Waals surface area contributed by atoms with Crippen LogP contribution in [0.1, 0.15) is 41.7 Å². The summed E-state index contributed by atoms with van der Waals surface area (Å²) in [6, 6.07) is 8.26. The molecule has 0 radical (unpaired) electrons. The van der Waals surface area contributed by atoms with Crippen molar-refractivity contribution < 1.29 is 14.4 Å². The van der Waals surface area contributed by atoms with Crippen LogP contribution in [0.5, 0.6) is 0 Å². The summed E-state index contributed by atoms with van der Waals surface area (Å²) in [7, 11) is 1.65. The van der Waals surface area contributed by atoms with E-state index < -0.39 is 6.10 Å². The zero-order valence-corrected chi connectivity index (χ0v) is 15.1. The Hall–Kier alpha value is -1.80. The molecule has 2 heterocycles. The Morgan fingerprint density at radius 2 is 2.15 bits per heavy atom. The molecule has 7 nitrogen and oxygen atoms in total. The number of aromatic nitrogens is 2. The van der Waals surface area contributed by atoms with Gasteiger partial charge >= 0.3 is 0 Å². The molecule has 4 rings (SSSR count). The van der Waals surface area contributed by atoms with E-state index >= 15 is 0 Å². The smallest absolute Gasteiger partial charge is 0.240 e. The molecule has 7 heteroatoms. The number of nitrogens with zero attached hydrogens (tertiary/aromatic N) is 2. The standard InChI is InChI=1S/C19H26N4O3/c1-25-11-6-15-22-16(26-23-15)12-21-17-13-4-2-3-5-14(13)19(18(17)24)7-9-20-10-8-19/h2-5,17-18,20-21,24H,6-12H2,1H3/t17-,18+/m1/s1. The van der Waals surface area contributed by atoms with Gasteiger partial charge in [0.15, 0.2) is 5.82 Å². The molecule has 1 spiro atoms. The second-order valence-corrected chi connectivity index (χ2v) is 7.14. The third-order valence-corrected chi connectivity index (χ3v) is 5.72. The van der Waals surface area contributed by atoms with E-state index in [0.29, 0.717) is 31.3 Å². The van der Waals surface area contributed by atoms with Gasteiger partial charge in [0.1, 0.15) is 0 Å². The summed E-state index contributed by atoms with van der Waals surface area (Å²) in [4.78, 5) is 4.38. The van der Waals surface area contributed by atoms with Crippen LogP contribution in [0.15, 0.2) is 28.8 Å². The van der Waals surface area contributed by atoms with Crippen molar-refractivity contribution in [1.29, 1.82) is 0 Å². The van der Waals surface area contributed by atoms with Crippen molar-refractivity contribution >= 4 is 0 Å². The minimum absolute atomic E-state index is 0.126. The third kappa shape index (κ3) is 3.05. The van der Waals surface area contributed by atoms with Gasteiger partial charge in [0.05, 0.1) is 25.3 Å². The van der Waals surface area contributed by atoms with Gasteiger partial charge in [-0.15, -0.1) is 0 Å². The Bertz CT molecular complexity index is 742. The molecule has 140 valence electrons. The topological polar surface area (TPSA) is 92.4 Å². The van der Waals surface area contributed by atoms with Gasteiger partial charge in [-0.1, -0.05) is 29.4 Å². The summed E-state index contributed by atoms with van der Waals surface area (Å²) >= 11 is 0. The highest BCUT2D eigenvalue weighted by atomic mass is 16.5. The Balaban J connectivity index is 1.50. The molecule has 1 fully saturated rings. The average molecular weight is 358 g/mol. The van der Waals surface area contributed by atoms with Crippen LogP contribution < -0.4 is 10.6 Å². The minimum Gasteiger partial charge on any atom is -0.390 e. The van der Waals surface area contributed by atoms with Crippen LogP contribution in [0, 0.1) is 0 Å². The third-order valence-electron chi connectivity index (χ3n) is 5.72. The van der Waals surface area contributed by atoms with Gasteiger partial charge in [0, 0.05) is 18.9 Å². The number of methoxy groups -OCH3 is 1. The van der Waals surface area contributed by atoms with Crippen LogP contribution >= 0.6 is 0 Å². The lowest BCUT2D eigenvalue weighted by Gasteiger charge is -2.39. The van der Waals surface area contributed by atoms with Gasteiger partial charge < -0.3 is 19.7 Å². The first-order chi connectivity index (χ1) is 12.7. The molecule has 1 aliphatic heterocycles. The number of piperidine rings is 1. The van der Waals surface area contributed by atoms with Crippen LogP contribution in [0.3, 0.4) is 0 Å². The summed E-state index contributed by atoms with van der Waals surface area (Å²) in [5, 5.41) is 22.0. The number of fused-ring (bicyclic) bond motifs is 2. The highest BCUT2D eigenvalue weighted by molar-refractivity contribution is 5.45. The van der Waals surface area contributed by atoms with E-state index in [1.807, 2.05) is 6.07 Å². The highest BCUT2D eigenvalue weighted by Gasteiger charge is 2.51. The number of rotatable bonds is 6. The van der Waals surface area contributed by atoms with E-state index in [-0.39, 0.29) is 11.5 Å². The van der Waals surface area contributed by atoms with Gasteiger partial charge in [-0.25, -0.2) is 0 Å². The van der Waals surface area contributed by atoms with E-state index in [1.54, 1.807) is 7.11 Å². The lowest BCUT2D eigenvalue weighted by molar-refractivity contribution is 0.0431. The zero-order chi connectivity index (χ0) is 18.0. The first-order valence-electron chi connectivity index (χ1n) is 9.26. The van der Waals surface area contributed by atoms with Crippen molar-refractivity contribution in [3.8, 4) is 0 Å². The number of benzene rings is 1. The maximum Gasteiger partial charge on any atom is 0.240 e. The summed E-state index contributed by atoms with van der Waals surface area (Å²) in [5.41, 5.74) is 2.29. The summed E-state index contributed by atoms with van der Waals surface area (Å²) < 4.78 is 10.3. The summed E-state index contributed by atoms with van der Waals surface area (Å²) in [6.07, 6.45) is 2.07. The number of hydrogen-bond donors (Lipinski definition) is 3. The highest BCUT2D eigenvalue weighted by Crippen LogP contribution is 2.50. The van der Waals surface area contributed by atoms with Crippen LogP contribution in [0.2, 0.25) is 0 Å². The van der Waals surface area contributed by atoms with Crippen molar-refractivity contribution in [2.24, 2.45) is 0 Å². The first kappa shape index (κ1) is 17.6. The molecule has 0 bridgehead atoms. The second-order valence-electron chi connectivity index (χ2n) is 7.14. The fourth-order valence-electron chi connectivity index (χ4n) is 4.38. The molecule has 0 unspecified atom stereocenters. The van der Waals surface area contributed by atoms with E-state index in [9.17, 15) is 5.11 Å². The number of aliphatic hydroxyl groups is 1. The molecule has 2 aliphatic rings. The molecule has 1 aliphatic carbocycles. The first-order valence-corrected chi connectivity index (χ1v) is 9.26. The van der Waals surface area contributed by atoms with E-state index in [0.717, 1.165) is 25.9 Å². The van der Waals surface area contributed by atoms with Crippen molar-refractivity contribution in [3.63, 3.8) is 0 Å². The molecule has 1 saturated heterocycles. The predicted octanol–water partition coefficient (Wildman–Crippen LogP) is 1.09. The van der Waals surface area contributed by atoms with Crippen LogP contribution in [-0.4, -0.2) is 48.2 Å². The maximum absolute atomic E-state index is 11.2. The van der Waals surface area contributed by atoms with Gasteiger partial charge in [0.2, 0.25) is 5.89 Å². The van der Waals surface area contributed by atoms with E-state index in [1.165, 1.54) is 11.1 Å². The molecule has 3 N–H and O–H groups in total. The molecule has 0 saturated carbocycles. The predicted molar refractivity (Wildman–Crippen MR) is 95.7 cm³/mol. The number of hydrogen-bond acceptors (Lipinski definition) is 7. The molecule has 2 atom stereocenters. The maximum atomic E-state index is 11.2. The molecule has 2 aromatic rings. The number of ether oxygens (including phenoxy) is 1. The second kappa shape index (κ2) is 7.44. The lowest BCUT2D eigenvalue weighted by atomic mass is 9.72. The molecule has 0 amide bonds. The quantitative estimate of drug-likeness (QED) is 0.712. The van der Waals surface area contributed by atoms with Gasteiger partial charge in [-0.05, 0) is 37.1 Å².